The van der Waals surface area contributed by atoms with Crippen molar-refractivity contribution < 1.29 is 18.4 Å². The highest BCUT2D eigenvalue weighted by Crippen LogP contribution is 2.33. The summed E-state index contributed by atoms with van der Waals surface area (Å²) in [5.74, 6) is 0. The van der Waals surface area contributed by atoms with Crippen molar-refractivity contribution in [2.24, 2.45) is 5.73 Å². The van der Waals surface area contributed by atoms with Gasteiger partial charge in [0.05, 0.1) is 15.9 Å². The van der Waals surface area contributed by atoms with Crippen molar-refractivity contribution in [3.8, 4) is 0 Å². The molecule has 2 atom stereocenters. The first-order valence-electron chi connectivity index (χ1n) is 9.03. The van der Waals surface area contributed by atoms with Gasteiger partial charge in [-0.1, -0.05) is 30.3 Å². The molecule has 0 heterocycles. The Bertz CT molecular complexity index is 914. The molecular weight excluding hydrogens is 382 g/mol. The number of aliphatic hydroxyl groups is 1. The third kappa shape index (κ3) is 4.74. The van der Waals surface area contributed by atoms with Gasteiger partial charge in [0.15, 0.2) is 0 Å². The lowest BCUT2D eigenvalue weighted by Crippen LogP contribution is -2.47. The Labute approximate surface area is 163 Å². The van der Waals surface area contributed by atoms with Crippen LogP contribution in [0.1, 0.15) is 18.4 Å². The Morgan fingerprint density at radius 3 is 2.29 bits per heavy atom. The number of hydrogen-bond acceptors (Lipinski definition) is 6. The van der Waals surface area contributed by atoms with Gasteiger partial charge in [-0.05, 0) is 37.0 Å². The van der Waals surface area contributed by atoms with Crippen LogP contribution in [0.15, 0.2) is 59.5 Å². The molecule has 0 unspecified atom stereocenters. The van der Waals surface area contributed by atoms with Crippen LogP contribution >= 0.6 is 0 Å². The summed E-state index contributed by atoms with van der Waals surface area (Å²) in [7, 11) is -3.89. The van der Waals surface area contributed by atoms with Crippen LogP contribution in [0.5, 0.6) is 0 Å². The van der Waals surface area contributed by atoms with Gasteiger partial charge in [0.25, 0.3) is 5.69 Å². The average molecular weight is 405 g/mol. The standard InChI is InChI=1S/C19H23N3O5S/c20-18(12-14-4-2-1-3-5-14)19(23)13-21(15-6-7-15)28(26,27)17-10-8-16(9-11-17)22(24)25/h1-5,8-11,15,18-19,23H,6-7,12-13,20H2/t18-,19+/m0/s1. The van der Waals surface area contributed by atoms with E-state index in [-0.39, 0.29) is 23.2 Å². The number of sulfonamides is 1. The minimum absolute atomic E-state index is 0.0335. The number of nitrogens with two attached hydrogens (primary N) is 1. The predicted molar refractivity (Wildman–Crippen MR) is 104 cm³/mol. The summed E-state index contributed by atoms with van der Waals surface area (Å²) in [6.07, 6.45) is 0.825. The Balaban J connectivity index is 1.74. The summed E-state index contributed by atoms with van der Waals surface area (Å²) >= 11 is 0. The molecule has 28 heavy (non-hydrogen) atoms. The fourth-order valence-electron chi connectivity index (χ4n) is 3.02. The first-order chi connectivity index (χ1) is 13.3. The van der Waals surface area contributed by atoms with Crippen molar-refractivity contribution in [2.45, 2.75) is 42.3 Å². The van der Waals surface area contributed by atoms with Gasteiger partial charge in [0.1, 0.15) is 0 Å². The van der Waals surface area contributed by atoms with Gasteiger partial charge in [0, 0.05) is 30.8 Å². The molecule has 0 saturated heterocycles. The fraction of sp³-hybridized carbons (Fsp3) is 0.368. The molecule has 3 rings (SSSR count). The Hall–Kier alpha value is -2.33. The minimum Gasteiger partial charge on any atom is -0.390 e. The van der Waals surface area contributed by atoms with E-state index in [4.69, 9.17) is 5.73 Å². The van der Waals surface area contributed by atoms with Crippen LogP contribution in [-0.4, -0.2) is 47.5 Å². The van der Waals surface area contributed by atoms with Gasteiger partial charge in [0.2, 0.25) is 10.0 Å². The minimum atomic E-state index is -3.89. The van der Waals surface area contributed by atoms with E-state index in [2.05, 4.69) is 0 Å². The van der Waals surface area contributed by atoms with Gasteiger partial charge in [-0.15, -0.1) is 0 Å². The van der Waals surface area contributed by atoms with E-state index in [1.807, 2.05) is 30.3 Å². The Morgan fingerprint density at radius 1 is 1.14 bits per heavy atom. The van der Waals surface area contributed by atoms with Crippen LogP contribution in [0.4, 0.5) is 5.69 Å². The number of non-ortho nitro benzene ring substituents is 1. The summed E-state index contributed by atoms with van der Waals surface area (Å²) in [6.45, 7) is -0.113. The Kier molecular flexibility index (Phi) is 6.09. The highest BCUT2D eigenvalue weighted by atomic mass is 32.2. The van der Waals surface area contributed by atoms with Gasteiger partial charge in [-0.25, -0.2) is 8.42 Å². The zero-order valence-corrected chi connectivity index (χ0v) is 16.0. The molecule has 0 spiro atoms. The number of nitro groups is 1. The fourth-order valence-corrected chi connectivity index (χ4v) is 4.73. The van der Waals surface area contributed by atoms with Gasteiger partial charge in [-0.3, -0.25) is 10.1 Å². The highest BCUT2D eigenvalue weighted by Gasteiger charge is 2.40. The van der Waals surface area contributed by atoms with Gasteiger partial charge < -0.3 is 10.8 Å². The number of aliphatic hydroxyl groups excluding tert-OH is 1. The maximum absolute atomic E-state index is 13.0. The van der Waals surface area contributed by atoms with Crippen LogP contribution in [-0.2, 0) is 16.4 Å². The molecule has 8 nitrogen and oxygen atoms in total. The number of hydrogen-bond donors (Lipinski definition) is 2. The lowest BCUT2D eigenvalue weighted by atomic mass is 10.0. The summed E-state index contributed by atoms with van der Waals surface area (Å²) in [5, 5.41) is 21.3. The third-order valence-corrected chi connectivity index (χ3v) is 6.72. The van der Waals surface area contributed by atoms with E-state index in [0.717, 1.165) is 17.7 Å². The van der Waals surface area contributed by atoms with Crippen LogP contribution in [0.25, 0.3) is 0 Å². The molecule has 1 aliphatic rings. The van der Waals surface area contributed by atoms with E-state index in [1.165, 1.54) is 16.4 Å². The zero-order valence-electron chi connectivity index (χ0n) is 15.2. The van der Waals surface area contributed by atoms with Gasteiger partial charge in [-0.2, -0.15) is 4.31 Å². The first kappa shape index (κ1) is 20.4. The molecule has 2 aromatic carbocycles. The monoisotopic (exact) mass is 405 g/mol. The molecule has 0 radical (unpaired) electrons. The summed E-state index contributed by atoms with van der Waals surface area (Å²) in [4.78, 5) is 10.2. The zero-order chi connectivity index (χ0) is 20.3. The molecule has 1 saturated carbocycles. The van der Waals surface area contributed by atoms with Crippen LogP contribution in [0.2, 0.25) is 0 Å². The average Bonchev–Trinajstić information content (AvgIpc) is 3.51. The molecule has 0 bridgehead atoms. The number of rotatable bonds is 9. The number of benzene rings is 2. The van der Waals surface area contributed by atoms with E-state index in [1.54, 1.807) is 0 Å². The first-order valence-corrected chi connectivity index (χ1v) is 10.5. The lowest BCUT2D eigenvalue weighted by molar-refractivity contribution is -0.384. The van der Waals surface area contributed by atoms with Crippen molar-refractivity contribution in [3.05, 3.63) is 70.3 Å². The second kappa shape index (κ2) is 8.36. The topological polar surface area (TPSA) is 127 Å². The van der Waals surface area contributed by atoms with Crippen molar-refractivity contribution in [1.82, 2.24) is 4.31 Å². The SMILES string of the molecule is N[C@@H](Cc1ccccc1)[C@H](O)CN(C1CC1)S(=O)(=O)c1ccc([N+](=O)[O-])cc1. The van der Waals surface area contributed by atoms with Crippen molar-refractivity contribution in [1.29, 1.82) is 0 Å². The molecule has 0 aromatic heterocycles. The highest BCUT2D eigenvalue weighted by molar-refractivity contribution is 7.89. The summed E-state index contributed by atoms with van der Waals surface area (Å²) < 4.78 is 27.3. The molecule has 2 aromatic rings. The molecule has 0 aliphatic heterocycles. The van der Waals surface area contributed by atoms with Gasteiger partial charge >= 0.3 is 0 Å². The third-order valence-electron chi connectivity index (χ3n) is 4.78. The molecule has 0 amide bonds. The second-order valence-corrected chi connectivity index (χ2v) is 8.87. The van der Waals surface area contributed by atoms with Crippen molar-refractivity contribution in [3.63, 3.8) is 0 Å². The predicted octanol–water partition coefficient (Wildman–Crippen LogP) is 1.68. The number of nitro benzene ring substituents is 1. The smallest absolute Gasteiger partial charge is 0.269 e. The van der Waals surface area contributed by atoms with E-state index in [9.17, 15) is 23.6 Å². The summed E-state index contributed by atoms with van der Waals surface area (Å²) in [6, 6.07) is 13.4. The Morgan fingerprint density at radius 2 is 1.75 bits per heavy atom. The second-order valence-electron chi connectivity index (χ2n) is 6.98. The van der Waals surface area contributed by atoms with Crippen LogP contribution in [0.3, 0.4) is 0 Å². The lowest BCUT2D eigenvalue weighted by Gasteiger charge is -2.27. The van der Waals surface area contributed by atoms with Crippen LogP contribution < -0.4 is 5.73 Å². The number of nitrogens with zero attached hydrogens (tertiary/aromatic N) is 2. The molecule has 9 heteroatoms. The quantitative estimate of drug-likeness (QED) is 0.483. The van der Waals surface area contributed by atoms with E-state index >= 15 is 0 Å². The normalized spacial score (nSPS) is 16.7. The largest absolute Gasteiger partial charge is 0.390 e. The molecular formula is C19H23N3O5S. The maximum atomic E-state index is 13.0. The maximum Gasteiger partial charge on any atom is 0.269 e. The van der Waals surface area contributed by atoms with Crippen molar-refractivity contribution in [2.75, 3.05) is 6.54 Å². The van der Waals surface area contributed by atoms with Crippen molar-refractivity contribution >= 4 is 15.7 Å². The molecule has 3 N–H and O–H groups in total. The van der Waals surface area contributed by atoms with Crippen LogP contribution in [0, 0.1) is 10.1 Å². The molecule has 1 aliphatic carbocycles. The van der Waals surface area contributed by atoms with E-state index in [0.29, 0.717) is 19.3 Å². The summed E-state index contributed by atoms with van der Waals surface area (Å²) in [5.41, 5.74) is 6.89. The van der Waals surface area contributed by atoms with E-state index < -0.39 is 27.1 Å². The molecule has 150 valence electrons. The molecule has 1 fully saturated rings.